The van der Waals surface area contributed by atoms with Crippen LogP contribution in [0.1, 0.15) is 32.6 Å². The summed E-state index contributed by atoms with van der Waals surface area (Å²) >= 11 is 0. The smallest absolute Gasteiger partial charge is 0.224 e. The molecule has 2 aliphatic heterocycles. The molecule has 6 nitrogen and oxygen atoms in total. The van der Waals surface area contributed by atoms with Crippen molar-refractivity contribution in [1.82, 2.24) is 15.5 Å². The third-order valence-corrected chi connectivity index (χ3v) is 4.45. The number of nitrogens with zero attached hydrogens (tertiary/aromatic N) is 1. The van der Waals surface area contributed by atoms with Crippen LogP contribution < -0.4 is 10.6 Å². The van der Waals surface area contributed by atoms with Crippen LogP contribution in [0.25, 0.3) is 0 Å². The van der Waals surface area contributed by atoms with Crippen LogP contribution in [0.15, 0.2) is 0 Å². The minimum absolute atomic E-state index is 0.0168. The molecular formula is C15H27N3O3. The van der Waals surface area contributed by atoms with Gasteiger partial charge in [0.1, 0.15) is 0 Å². The molecule has 2 rings (SSSR count). The molecular weight excluding hydrogens is 270 g/mol. The van der Waals surface area contributed by atoms with E-state index in [0.29, 0.717) is 26.1 Å². The van der Waals surface area contributed by atoms with Crippen LogP contribution in [0.5, 0.6) is 0 Å². The van der Waals surface area contributed by atoms with E-state index in [2.05, 4.69) is 10.6 Å². The first-order valence-electron chi connectivity index (χ1n) is 8.06. The second-order valence-electron chi connectivity index (χ2n) is 6.16. The average molecular weight is 297 g/mol. The molecule has 2 aliphatic rings. The van der Waals surface area contributed by atoms with Gasteiger partial charge in [-0.3, -0.25) is 9.59 Å². The molecule has 0 bridgehead atoms. The Bertz CT molecular complexity index is 375. The molecule has 0 aliphatic carbocycles. The molecule has 2 fully saturated rings. The highest BCUT2D eigenvalue weighted by Gasteiger charge is 2.30. The molecule has 0 spiro atoms. The molecule has 6 heteroatoms. The minimum atomic E-state index is -0.376. The molecule has 2 heterocycles. The normalized spacial score (nSPS) is 29.4. The zero-order valence-corrected chi connectivity index (χ0v) is 12.8. The third-order valence-electron chi connectivity index (χ3n) is 4.45. The summed E-state index contributed by atoms with van der Waals surface area (Å²) in [7, 11) is 0. The number of β-amino-alcohol motifs (C(OH)–C–C–N with tert-alkyl or cyclic N) is 1. The monoisotopic (exact) mass is 297 g/mol. The molecule has 2 saturated heterocycles. The number of aliphatic hydroxyl groups is 1. The van der Waals surface area contributed by atoms with E-state index in [1.54, 1.807) is 0 Å². The highest BCUT2D eigenvalue weighted by molar-refractivity contribution is 5.81. The van der Waals surface area contributed by atoms with E-state index in [-0.39, 0.29) is 29.8 Å². The Kier molecular flexibility index (Phi) is 5.99. The molecule has 3 unspecified atom stereocenters. The second-order valence-corrected chi connectivity index (χ2v) is 6.16. The molecule has 0 saturated carbocycles. The van der Waals surface area contributed by atoms with Gasteiger partial charge in [-0.05, 0) is 19.3 Å². The van der Waals surface area contributed by atoms with Crippen molar-refractivity contribution < 1.29 is 14.7 Å². The molecule has 0 aromatic heterocycles. The van der Waals surface area contributed by atoms with Crippen molar-refractivity contribution >= 4 is 11.8 Å². The average Bonchev–Trinajstić information content (AvgIpc) is 2.90. The first-order valence-corrected chi connectivity index (χ1v) is 8.06. The SMILES string of the molecule is CCCC(=O)N1CCCC(C(=O)NCC2CNCC2O)C1. The number of rotatable bonds is 5. The molecule has 0 aromatic carbocycles. The van der Waals surface area contributed by atoms with Gasteiger partial charge in [-0.2, -0.15) is 0 Å². The Labute approximate surface area is 126 Å². The standard InChI is InChI=1S/C15H27N3O3/c1-2-4-14(20)18-6-3-5-11(10-18)15(21)17-8-12-7-16-9-13(12)19/h11-13,16,19H,2-10H2,1H3,(H,17,21). The fourth-order valence-electron chi connectivity index (χ4n) is 3.09. The van der Waals surface area contributed by atoms with Crippen molar-refractivity contribution in [3.63, 3.8) is 0 Å². The van der Waals surface area contributed by atoms with Crippen LogP contribution in [0.2, 0.25) is 0 Å². The maximum Gasteiger partial charge on any atom is 0.224 e. The number of likely N-dealkylation sites (tertiary alicyclic amines) is 1. The summed E-state index contributed by atoms with van der Waals surface area (Å²) in [6.45, 7) is 5.15. The first-order chi connectivity index (χ1) is 10.1. The first kappa shape index (κ1) is 16.2. The van der Waals surface area contributed by atoms with Crippen molar-refractivity contribution in [3.8, 4) is 0 Å². The third kappa shape index (κ3) is 4.41. The number of aliphatic hydroxyl groups excluding tert-OH is 1. The van der Waals surface area contributed by atoms with Crippen LogP contribution in [0.3, 0.4) is 0 Å². The van der Waals surface area contributed by atoms with Gasteiger partial charge in [0, 0.05) is 45.1 Å². The summed E-state index contributed by atoms with van der Waals surface area (Å²) in [5.41, 5.74) is 0. The molecule has 3 N–H and O–H groups in total. The van der Waals surface area contributed by atoms with Crippen LogP contribution in [-0.2, 0) is 9.59 Å². The number of carbonyl (C=O) groups is 2. The van der Waals surface area contributed by atoms with Crippen molar-refractivity contribution in [2.45, 2.75) is 38.7 Å². The number of hydrogen-bond donors (Lipinski definition) is 3. The summed E-state index contributed by atoms with van der Waals surface area (Å²) < 4.78 is 0. The zero-order valence-electron chi connectivity index (χ0n) is 12.8. The minimum Gasteiger partial charge on any atom is -0.391 e. The molecule has 3 atom stereocenters. The van der Waals surface area contributed by atoms with E-state index in [0.717, 1.165) is 32.4 Å². The number of nitrogens with one attached hydrogen (secondary N) is 2. The Morgan fingerprint density at radius 3 is 2.86 bits per heavy atom. The van der Waals surface area contributed by atoms with Crippen molar-refractivity contribution in [2.24, 2.45) is 11.8 Å². The predicted molar refractivity (Wildman–Crippen MR) is 79.6 cm³/mol. The van der Waals surface area contributed by atoms with E-state index >= 15 is 0 Å². The lowest BCUT2D eigenvalue weighted by Crippen LogP contribution is -2.46. The van der Waals surface area contributed by atoms with Crippen molar-refractivity contribution in [3.05, 3.63) is 0 Å². The maximum atomic E-state index is 12.2. The number of carbonyl (C=O) groups excluding carboxylic acids is 2. The van der Waals surface area contributed by atoms with E-state index in [1.807, 2.05) is 11.8 Å². The zero-order chi connectivity index (χ0) is 15.2. The summed E-state index contributed by atoms with van der Waals surface area (Å²) in [5, 5.41) is 15.8. The van der Waals surface area contributed by atoms with Gasteiger partial charge in [0.15, 0.2) is 0 Å². The molecule has 120 valence electrons. The summed E-state index contributed by atoms with van der Waals surface area (Å²) in [6.07, 6.45) is 2.76. The van der Waals surface area contributed by atoms with E-state index in [1.165, 1.54) is 0 Å². The van der Waals surface area contributed by atoms with E-state index in [9.17, 15) is 14.7 Å². The van der Waals surface area contributed by atoms with Crippen LogP contribution in [0.4, 0.5) is 0 Å². The van der Waals surface area contributed by atoms with Gasteiger partial charge in [0.2, 0.25) is 11.8 Å². The fourth-order valence-corrected chi connectivity index (χ4v) is 3.09. The Hall–Kier alpha value is -1.14. The fraction of sp³-hybridized carbons (Fsp3) is 0.867. The lowest BCUT2D eigenvalue weighted by atomic mass is 9.96. The molecule has 0 radical (unpaired) electrons. The second kappa shape index (κ2) is 7.75. The lowest BCUT2D eigenvalue weighted by molar-refractivity contribution is -0.135. The summed E-state index contributed by atoms with van der Waals surface area (Å²) in [4.78, 5) is 26.0. The molecule has 2 amide bonds. The Morgan fingerprint density at radius 1 is 1.38 bits per heavy atom. The van der Waals surface area contributed by atoms with E-state index < -0.39 is 0 Å². The van der Waals surface area contributed by atoms with Crippen LogP contribution in [0, 0.1) is 11.8 Å². The van der Waals surface area contributed by atoms with Gasteiger partial charge >= 0.3 is 0 Å². The van der Waals surface area contributed by atoms with Gasteiger partial charge in [-0.1, -0.05) is 6.92 Å². The van der Waals surface area contributed by atoms with Gasteiger partial charge in [0.25, 0.3) is 0 Å². The Balaban J connectivity index is 1.77. The largest absolute Gasteiger partial charge is 0.391 e. The van der Waals surface area contributed by atoms with Crippen molar-refractivity contribution in [1.29, 1.82) is 0 Å². The number of amides is 2. The highest BCUT2D eigenvalue weighted by Crippen LogP contribution is 2.18. The summed E-state index contributed by atoms with van der Waals surface area (Å²) in [5.74, 6) is 0.162. The van der Waals surface area contributed by atoms with Crippen molar-refractivity contribution in [2.75, 3.05) is 32.7 Å². The van der Waals surface area contributed by atoms with Gasteiger partial charge < -0.3 is 20.6 Å². The van der Waals surface area contributed by atoms with Crippen LogP contribution in [-0.4, -0.2) is 60.6 Å². The number of piperidine rings is 1. The van der Waals surface area contributed by atoms with Gasteiger partial charge in [-0.15, -0.1) is 0 Å². The molecule has 21 heavy (non-hydrogen) atoms. The van der Waals surface area contributed by atoms with Gasteiger partial charge in [-0.25, -0.2) is 0 Å². The van der Waals surface area contributed by atoms with Gasteiger partial charge in [0.05, 0.1) is 12.0 Å². The lowest BCUT2D eigenvalue weighted by Gasteiger charge is -2.32. The highest BCUT2D eigenvalue weighted by atomic mass is 16.3. The van der Waals surface area contributed by atoms with E-state index in [4.69, 9.17) is 0 Å². The molecule has 0 aromatic rings. The van der Waals surface area contributed by atoms with Crippen LogP contribution >= 0.6 is 0 Å². The topological polar surface area (TPSA) is 81.7 Å². The maximum absolute atomic E-state index is 12.2. The Morgan fingerprint density at radius 2 is 2.19 bits per heavy atom. The summed E-state index contributed by atoms with van der Waals surface area (Å²) in [6, 6.07) is 0. The number of hydrogen-bond acceptors (Lipinski definition) is 4. The predicted octanol–water partition coefficient (Wildman–Crippen LogP) is -0.278. The quantitative estimate of drug-likeness (QED) is 0.652.